The molecule has 0 atom stereocenters. The van der Waals surface area contributed by atoms with Crippen molar-refractivity contribution in [1.29, 1.82) is 0 Å². The number of halogens is 1. The summed E-state index contributed by atoms with van der Waals surface area (Å²) < 4.78 is 13.4. The maximum atomic E-state index is 13.4. The fraction of sp³-hybridized carbons (Fsp3) is 0.154. The van der Waals surface area contributed by atoms with Crippen LogP contribution >= 0.6 is 0 Å². The number of nitrogens with two attached hydrogens (primary N) is 1. The van der Waals surface area contributed by atoms with Gasteiger partial charge in [-0.3, -0.25) is 4.79 Å². The maximum absolute atomic E-state index is 13.4. The summed E-state index contributed by atoms with van der Waals surface area (Å²) in [6, 6.07) is 4.67. The van der Waals surface area contributed by atoms with Crippen LogP contribution in [0.4, 0.5) is 21.8 Å². The third kappa shape index (κ3) is 2.82. The van der Waals surface area contributed by atoms with Crippen molar-refractivity contribution in [3.8, 4) is 0 Å². The van der Waals surface area contributed by atoms with E-state index in [2.05, 4.69) is 20.6 Å². The monoisotopic (exact) mass is 275 g/mol. The van der Waals surface area contributed by atoms with Gasteiger partial charge in [0.15, 0.2) is 0 Å². The van der Waals surface area contributed by atoms with Crippen LogP contribution in [0.3, 0.4) is 0 Å². The molecule has 0 radical (unpaired) electrons. The van der Waals surface area contributed by atoms with E-state index in [-0.39, 0.29) is 29.1 Å². The highest BCUT2D eigenvalue weighted by Gasteiger charge is 2.11. The summed E-state index contributed by atoms with van der Waals surface area (Å²) in [7, 11) is 1.49. The number of nitrogens with zero attached hydrogens (tertiary/aromatic N) is 2. The molecular formula is C13H14FN5O. The van der Waals surface area contributed by atoms with Gasteiger partial charge in [0.2, 0.25) is 5.95 Å². The number of anilines is 3. The van der Waals surface area contributed by atoms with Crippen molar-refractivity contribution in [2.45, 2.75) is 6.92 Å². The molecule has 0 aliphatic carbocycles. The summed E-state index contributed by atoms with van der Waals surface area (Å²) in [6.07, 6.45) is 1.31. The Labute approximate surface area is 115 Å². The first-order valence-corrected chi connectivity index (χ1v) is 5.89. The molecule has 0 aliphatic rings. The lowest BCUT2D eigenvalue weighted by Gasteiger charge is -2.08. The van der Waals surface area contributed by atoms with Gasteiger partial charge in [0, 0.05) is 18.9 Å². The van der Waals surface area contributed by atoms with Crippen LogP contribution in [0.15, 0.2) is 24.4 Å². The Hall–Kier alpha value is -2.70. The molecule has 0 saturated heterocycles. The minimum absolute atomic E-state index is 0.0504. The lowest BCUT2D eigenvalue weighted by molar-refractivity contribution is 0.0963. The largest absolute Gasteiger partial charge is 0.383 e. The quantitative estimate of drug-likeness (QED) is 0.791. The zero-order valence-corrected chi connectivity index (χ0v) is 11.1. The molecule has 0 fully saturated rings. The SMILES string of the molecule is CNC(=O)c1cnc(Nc2ccc(C)c(F)c2)nc1N. The van der Waals surface area contributed by atoms with Crippen LogP contribution in [0.25, 0.3) is 0 Å². The molecule has 0 unspecified atom stereocenters. The predicted molar refractivity (Wildman–Crippen MR) is 74.3 cm³/mol. The van der Waals surface area contributed by atoms with Crippen LogP contribution in [0.2, 0.25) is 0 Å². The Bertz CT molecular complexity index is 659. The number of hydrogen-bond donors (Lipinski definition) is 3. The van der Waals surface area contributed by atoms with Crippen LogP contribution in [0.5, 0.6) is 0 Å². The predicted octanol–water partition coefficient (Wildman–Crippen LogP) is 1.61. The van der Waals surface area contributed by atoms with E-state index < -0.39 is 0 Å². The molecule has 7 heteroatoms. The summed E-state index contributed by atoms with van der Waals surface area (Å²) in [5, 5.41) is 5.26. The molecule has 6 nitrogen and oxygen atoms in total. The molecule has 0 aliphatic heterocycles. The number of benzene rings is 1. The Morgan fingerprint density at radius 1 is 1.40 bits per heavy atom. The second kappa shape index (κ2) is 5.52. The van der Waals surface area contributed by atoms with Crippen molar-refractivity contribution in [2.24, 2.45) is 0 Å². The molecule has 0 saturated carbocycles. The molecule has 2 aromatic rings. The molecular weight excluding hydrogens is 261 g/mol. The summed E-state index contributed by atoms with van der Waals surface area (Å²) in [4.78, 5) is 19.4. The maximum Gasteiger partial charge on any atom is 0.256 e. The van der Waals surface area contributed by atoms with Crippen LogP contribution < -0.4 is 16.4 Å². The standard InChI is InChI=1S/C13H14FN5O/c1-7-3-4-8(5-10(7)14)18-13-17-6-9(11(15)19-13)12(20)16-2/h3-6H,1-2H3,(H,16,20)(H3,15,17,18,19). The van der Waals surface area contributed by atoms with E-state index in [1.165, 1.54) is 19.3 Å². The summed E-state index contributed by atoms with van der Waals surface area (Å²) in [5.74, 6) is -0.451. The van der Waals surface area contributed by atoms with Gasteiger partial charge in [-0.15, -0.1) is 0 Å². The van der Waals surface area contributed by atoms with Crippen molar-refractivity contribution in [3.05, 3.63) is 41.3 Å². The highest BCUT2D eigenvalue weighted by molar-refractivity contribution is 5.97. The third-order valence-corrected chi connectivity index (χ3v) is 2.72. The van der Waals surface area contributed by atoms with E-state index in [1.54, 1.807) is 19.1 Å². The first-order chi connectivity index (χ1) is 9.51. The van der Waals surface area contributed by atoms with Crippen molar-refractivity contribution in [1.82, 2.24) is 15.3 Å². The molecule has 1 heterocycles. The fourth-order valence-electron chi connectivity index (χ4n) is 1.56. The Kier molecular flexibility index (Phi) is 3.79. The van der Waals surface area contributed by atoms with Gasteiger partial charge >= 0.3 is 0 Å². The molecule has 4 N–H and O–H groups in total. The van der Waals surface area contributed by atoms with E-state index in [1.807, 2.05) is 0 Å². The van der Waals surface area contributed by atoms with Crippen LogP contribution in [0, 0.1) is 12.7 Å². The molecule has 2 rings (SSSR count). The number of aromatic nitrogens is 2. The number of hydrogen-bond acceptors (Lipinski definition) is 5. The minimum Gasteiger partial charge on any atom is -0.383 e. The third-order valence-electron chi connectivity index (χ3n) is 2.72. The average molecular weight is 275 g/mol. The van der Waals surface area contributed by atoms with Gasteiger partial charge < -0.3 is 16.4 Å². The lowest BCUT2D eigenvalue weighted by Crippen LogP contribution is -2.20. The van der Waals surface area contributed by atoms with Crippen molar-refractivity contribution >= 4 is 23.4 Å². The van der Waals surface area contributed by atoms with E-state index in [0.717, 1.165) is 0 Å². The van der Waals surface area contributed by atoms with Crippen molar-refractivity contribution in [3.63, 3.8) is 0 Å². The smallest absolute Gasteiger partial charge is 0.256 e. The van der Waals surface area contributed by atoms with Crippen molar-refractivity contribution < 1.29 is 9.18 Å². The van der Waals surface area contributed by atoms with Gasteiger partial charge in [0.25, 0.3) is 5.91 Å². The average Bonchev–Trinajstić information content (AvgIpc) is 2.42. The lowest BCUT2D eigenvalue weighted by atomic mass is 10.2. The number of nitrogen functional groups attached to an aromatic ring is 1. The minimum atomic E-state index is -0.365. The number of amides is 1. The van der Waals surface area contributed by atoms with E-state index >= 15 is 0 Å². The van der Waals surface area contributed by atoms with E-state index in [4.69, 9.17) is 5.73 Å². The zero-order valence-electron chi connectivity index (χ0n) is 11.1. The van der Waals surface area contributed by atoms with E-state index in [0.29, 0.717) is 11.3 Å². The molecule has 20 heavy (non-hydrogen) atoms. The Balaban J connectivity index is 2.24. The van der Waals surface area contributed by atoms with Gasteiger partial charge in [0.05, 0.1) is 5.56 Å². The van der Waals surface area contributed by atoms with Crippen LogP contribution in [-0.4, -0.2) is 22.9 Å². The number of nitrogens with one attached hydrogen (secondary N) is 2. The molecule has 0 spiro atoms. The van der Waals surface area contributed by atoms with Gasteiger partial charge in [-0.1, -0.05) is 6.07 Å². The number of rotatable bonds is 3. The second-order valence-electron chi connectivity index (χ2n) is 4.16. The summed E-state index contributed by atoms with van der Waals surface area (Å²) in [5.41, 5.74) is 6.91. The topological polar surface area (TPSA) is 92.9 Å². The summed E-state index contributed by atoms with van der Waals surface area (Å²) >= 11 is 0. The zero-order chi connectivity index (χ0) is 14.7. The molecule has 1 aromatic heterocycles. The normalized spacial score (nSPS) is 10.2. The number of carbonyl (C=O) groups excluding carboxylic acids is 1. The first-order valence-electron chi connectivity index (χ1n) is 5.89. The second-order valence-corrected chi connectivity index (χ2v) is 4.16. The summed E-state index contributed by atoms with van der Waals surface area (Å²) in [6.45, 7) is 1.67. The molecule has 1 amide bonds. The molecule has 1 aromatic carbocycles. The Morgan fingerprint density at radius 2 is 2.15 bits per heavy atom. The highest BCUT2D eigenvalue weighted by atomic mass is 19.1. The van der Waals surface area contributed by atoms with Gasteiger partial charge in [-0.05, 0) is 24.6 Å². The van der Waals surface area contributed by atoms with E-state index in [9.17, 15) is 9.18 Å². The number of carbonyl (C=O) groups is 1. The van der Waals surface area contributed by atoms with Crippen LogP contribution in [-0.2, 0) is 0 Å². The fourth-order valence-corrected chi connectivity index (χ4v) is 1.56. The molecule has 104 valence electrons. The first kappa shape index (κ1) is 13.7. The Morgan fingerprint density at radius 3 is 2.75 bits per heavy atom. The molecule has 0 bridgehead atoms. The van der Waals surface area contributed by atoms with Gasteiger partial charge in [-0.25, -0.2) is 9.37 Å². The van der Waals surface area contributed by atoms with Gasteiger partial charge in [0.1, 0.15) is 11.6 Å². The number of aryl methyl sites for hydroxylation is 1. The van der Waals surface area contributed by atoms with Gasteiger partial charge in [-0.2, -0.15) is 4.98 Å². The van der Waals surface area contributed by atoms with Crippen LogP contribution in [0.1, 0.15) is 15.9 Å². The van der Waals surface area contributed by atoms with Crippen molar-refractivity contribution in [2.75, 3.05) is 18.1 Å². The highest BCUT2D eigenvalue weighted by Crippen LogP contribution is 2.18.